The Balaban J connectivity index is -0.000000125. The van der Waals surface area contributed by atoms with Crippen molar-refractivity contribution in [2.24, 2.45) is 0 Å². The van der Waals surface area contributed by atoms with Gasteiger partial charge in [-0.15, -0.1) is 0 Å². The van der Waals surface area contributed by atoms with Crippen molar-refractivity contribution in [1.29, 1.82) is 0 Å². The number of carbonyl (C=O) groups is 2. The van der Waals surface area contributed by atoms with E-state index in [1.807, 2.05) is 0 Å². The number of carboxylic acid groups (broad SMARTS) is 2. The molecule has 5 N–H and O–H groups in total. The minimum Gasteiger partial charge on any atom is -0.473 e. The molecule has 0 radical (unpaired) electrons. The van der Waals surface area contributed by atoms with Crippen LogP contribution < -0.4 is 6.15 Å². The molecule has 0 heterocycles. The zero-order chi connectivity index (χ0) is 5.15. The van der Waals surface area contributed by atoms with Gasteiger partial charge in [0.15, 0.2) is 0 Å². The first-order chi connectivity index (χ1) is 2.64. The Kier molecular flexibility index (Phi) is 14.3. The summed E-state index contributed by atoms with van der Waals surface area (Å²) >= 11 is 0. The predicted molar refractivity (Wildman–Crippen MR) is 20.3 cm³/mol. The van der Waals surface area contributed by atoms with E-state index < -0.39 is 11.9 Å². The number of aliphatic carboxylic acids is 2. The summed E-state index contributed by atoms with van der Waals surface area (Å²) in [7, 11) is 0. The fraction of sp³-hybridized carbons (Fsp3) is 0. The average molecular weight is 247 g/mol. The Morgan fingerprint density at radius 1 is 1.00 bits per heavy atom. The molecule has 8 heavy (non-hydrogen) atoms. The first-order valence-corrected chi connectivity index (χ1v) is 1.11. The Morgan fingerprint density at radius 2 is 1.12 bits per heavy atom. The number of carboxylic acids is 2. The van der Waals surface area contributed by atoms with Gasteiger partial charge >= 0.3 is 11.9 Å². The van der Waals surface area contributed by atoms with Gasteiger partial charge in [0, 0.05) is 41.7 Å². The average Bonchev–Trinajstić information content (AvgIpc) is 1.36. The van der Waals surface area contributed by atoms with E-state index in [1.165, 1.54) is 0 Å². The largest absolute Gasteiger partial charge is 0.473 e. The first-order valence-electron chi connectivity index (χ1n) is 1.11. The van der Waals surface area contributed by atoms with Gasteiger partial charge in [-0.25, -0.2) is 9.59 Å². The molecule has 0 amide bonds. The Hall–Kier alpha value is 0.277. The summed E-state index contributed by atoms with van der Waals surface area (Å²) in [5.74, 6) is -3.65. The summed E-state index contributed by atoms with van der Waals surface area (Å²) in [6.45, 7) is 0. The minimum atomic E-state index is -1.82. The third kappa shape index (κ3) is 9.56. The summed E-state index contributed by atoms with van der Waals surface area (Å²) in [6, 6.07) is 0. The predicted octanol–water partition coefficient (Wildman–Crippen LogP) is -0.682. The van der Waals surface area contributed by atoms with Gasteiger partial charge < -0.3 is 16.4 Å². The quantitative estimate of drug-likeness (QED) is 0.491. The van der Waals surface area contributed by atoms with E-state index in [-0.39, 0.29) is 47.9 Å². The van der Waals surface area contributed by atoms with Crippen LogP contribution in [-0.4, -0.2) is 22.2 Å². The van der Waals surface area contributed by atoms with Gasteiger partial charge in [-0.2, -0.15) is 0 Å². The van der Waals surface area contributed by atoms with E-state index in [0.29, 0.717) is 0 Å². The van der Waals surface area contributed by atoms with E-state index in [9.17, 15) is 0 Å². The maximum atomic E-state index is 9.10. The molecule has 0 aliphatic rings. The zero-order valence-electron chi connectivity index (χ0n) is 3.92. The van der Waals surface area contributed by atoms with Crippen molar-refractivity contribution in [2.45, 2.75) is 0 Å². The Morgan fingerprint density at radius 3 is 1.12 bits per heavy atom. The fourth-order valence-electron chi connectivity index (χ4n) is 0. The maximum Gasteiger partial charge on any atom is 0.414 e. The van der Waals surface area contributed by atoms with Crippen LogP contribution in [-0.2, 0) is 9.59 Å². The van der Waals surface area contributed by atoms with Crippen molar-refractivity contribution in [3.05, 3.63) is 0 Å². The molecule has 46 valence electrons. The van der Waals surface area contributed by atoms with E-state index in [1.54, 1.807) is 0 Å². The molecular formula is C2H5CeNO4. The first kappa shape index (κ1) is 15.7. The Labute approximate surface area is 79.0 Å². The number of hydrogen-bond donors (Lipinski definition) is 3. The molecule has 0 saturated carbocycles. The molecule has 0 aromatic heterocycles. The van der Waals surface area contributed by atoms with Gasteiger partial charge in [-0.1, -0.05) is 0 Å². The van der Waals surface area contributed by atoms with Crippen molar-refractivity contribution in [3.8, 4) is 0 Å². The zero-order valence-corrected chi connectivity index (χ0v) is 7.06. The summed E-state index contributed by atoms with van der Waals surface area (Å²) in [4.78, 5) is 18.2. The standard InChI is InChI=1S/C2H2O4.Ce.H3N/c3-1(4)2(5)6;;/h(H,3,4)(H,5,6);;1H3. The Bertz CT molecular complexity index is 80.0. The SMILES string of the molecule is N.O=C(O)C(=O)O.[Ce]. The second-order valence-corrected chi connectivity index (χ2v) is 0.610. The summed E-state index contributed by atoms with van der Waals surface area (Å²) in [5, 5.41) is 14.8. The molecule has 5 nitrogen and oxygen atoms in total. The van der Waals surface area contributed by atoms with Gasteiger partial charge in [-0.3, -0.25) is 0 Å². The summed E-state index contributed by atoms with van der Waals surface area (Å²) < 4.78 is 0. The van der Waals surface area contributed by atoms with Crippen LogP contribution in [0.1, 0.15) is 0 Å². The molecule has 0 aromatic carbocycles. The van der Waals surface area contributed by atoms with Crippen molar-refractivity contribution >= 4 is 11.9 Å². The van der Waals surface area contributed by atoms with Gasteiger partial charge in [0.05, 0.1) is 0 Å². The van der Waals surface area contributed by atoms with E-state index >= 15 is 0 Å². The van der Waals surface area contributed by atoms with Crippen LogP contribution in [0.5, 0.6) is 0 Å². The van der Waals surface area contributed by atoms with Crippen molar-refractivity contribution < 1.29 is 61.5 Å². The molecule has 0 spiro atoms. The van der Waals surface area contributed by atoms with E-state index in [4.69, 9.17) is 19.8 Å². The molecule has 0 atom stereocenters. The van der Waals surface area contributed by atoms with Crippen molar-refractivity contribution in [3.63, 3.8) is 0 Å². The molecule has 0 fully saturated rings. The molecule has 0 bridgehead atoms. The monoisotopic (exact) mass is 247 g/mol. The van der Waals surface area contributed by atoms with Crippen LogP contribution in [0.25, 0.3) is 0 Å². The molecule has 6 heteroatoms. The number of hydrogen-bond acceptors (Lipinski definition) is 3. The van der Waals surface area contributed by atoms with E-state index in [2.05, 4.69) is 0 Å². The third-order valence-corrected chi connectivity index (χ3v) is 0.183. The second kappa shape index (κ2) is 7.28. The van der Waals surface area contributed by atoms with Gasteiger partial charge in [-0.05, 0) is 0 Å². The maximum absolute atomic E-state index is 9.10. The minimum absolute atomic E-state index is 0. The van der Waals surface area contributed by atoms with Gasteiger partial charge in [0.1, 0.15) is 0 Å². The molecular weight excluding hydrogens is 242 g/mol. The van der Waals surface area contributed by atoms with Crippen molar-refractivity contribution in [1.82, 2.24) is 6.15 Å². The topological polar surface area (TPSA) is 110 Å². The van der Waals surface area contributed by atoms with Crippen LogP contribution >= 0.6 is 0 Å². The van der Waals surface area contributed by atoms with Crippen LogP contribution in [0.4, 0.5) is 0 Å². The van der Waals surface area contributed by atoms with Gasteiger partial charge in [0.2, 0.25) is 0 Å². The van der Waals surface area contributed by atoms with Crippen molar-refractivity contribution in [2.75, 3.05) is 0 Å². The molecule has 0 saturated heterocycles. The second-order valence-electron chi connectivity index (χ2n) is 0.610. The molecule has 0 rings (SSSR count). The van der Waals surface area contributed by atoms with E-state index in [0.717, 1.165) is 0 Å². The van der Waals surface area contributed by atoms with Crippen LogP contribution in [0, 0.1) is 41.7 Å². The summed E-state index contributed by atoms with van der Waals surface area (Å²) in [6.07, 6.45) is 0. The molecule has 0 aliphatic carbocycles. The normalized spacial score (nSPS) is 5.50. The molecule has 0 aromatic rings. The van der Waals surface area contributed by atoms with Crippen LogP contribution in [0.15, 0.2) is 0 Å². The number of rotatable bonds is 0. The summed E-state index contributed by atoms with van der Waals surface area (Å²) in [5.41, 5.74) is 0. The smallest absolute Gasteiger partial charge is 0.414 e. The third-order valence-electron chi connectivity index (χ3n) is 0.183. The van der Waals surface area contributed by atoms with Crippen LogP contribution in [0.3, 0.4) is 0 Å². The molecule has 0 unspecified atom stereocenters. The van der Waals surface area contributed by atoms with Crippen LogP contribution in [0.2, 0.25) is 0 Å². The molecule has 0 aliphatic heterocycles. The fourth-order valence-corrected chi connectivity index (χ4v) is 0. The van der Waals surface area contributed by atoms with Gasteiger partial charge in [0.25, 0.3) is 0 Å².